The van der Waals surface area contributed by atoms with Gasteiger partial charge >= 0.3 is 0 Å². The minimum atomic E-state index is -1.30. The quantitative estimate of drug-likeness (QED) is 0.328. The van der Waals surface area contributed by atoms with Crippen LogP contribution in [0.3, 0.4) is 0 Å². The van der Waals surface area contributed by atoms with Crippen LogP contribution in [-0.4, -0.2) is 64.8 Å². The third-order valence-corrected chi connectivity index (χ3v) is 1.39. The van der Waals surface area contributed by atoms with E-state index in [1.54, 1.807) is 0 Å². The molecule has 1 unspecified atom stereocenters. The fraction of sp³-hybridized carbons (Fsp3) is 0.857. The van der Waals surface area contributed by atoms with Crippen LogP contribution in [0.25, 0.3) is 0 Å². The number of carbonyl (C=O) groups excluding carboxylic acids is 1. The van der Waals surface area contributed by atoms with Gasteiger partial charge in [0.05, 0.1) is 19.8 Å². The average molecular weight is 194 g/mol. The molecule has 0 amide bonds. The summed E-state index contributed by atoms with van der Waals surface area (Å²) in [7, 11) is 0. The van der Waals surface area contributed by atoms with Gasteiger partial charge in [0.1, 0.15) is 18.3 Å². The molecule has 0 saturated carbocycles. The number of hydrogen-bond acceptors (Lipinski definition) is 6. The molecule has 3 atom stereocenters. The molecule has 78 valence electrons. The summed E-state index contributed by atoms with van der Waals surface area (Å²) >= 11 is 0. The monoisotopic (exact) mass is 194 g/mol. The van der Waals surface area contributed by atoms with Crippen molar-refractivity contribution >= 4 is 6.29 Å². The first-order valence-electron chi connectivity index (χ1n) is 3.80. The van der Waals surface area contributed by atoms with Crippen molar-refractivity contribution in [2.75, 3.05) is 19.8 Å². The van der Waals surface area contributed by atoms with Crippen molar-refractivity contribution in [3.63, 3.8) is 0 Å². The van der Waals surface area contributed by atoms with Gasteiger partial charge in [0, 0.05) is 0 Å². The normalized spacial score (nSPS) is 17.8. The lowest BCUT2D eigenvalue weighted by molar-refractivity contribution is -0.132. The third kappa shape index (κ3) is 4.91. The summed E-state index contributed by atoms with van der Waals surface area (Å²) in [5, 5.41) is 34.6. The first-order valence-corrected chi connectivity index (χ1v) is 3.80. The Labute approximate surface area is 75.4 Å². The molecular formula is C7H14O6. The molecule has 0 aromatic heterocycles. The summed E-state index contributed by atoms with van der Waals surface area (Å²) in [6.07, 6.45) is -3.24. The predicted octanol–water partition coefficient (Wildman–Crippen LogP) is -2.72. The Morgan fingerprint density at radius 1 is 1.23 bits per heavy atom. The summed E-state index contributed by atoms with van der Waals surface area (Å²) in [4.78, 5) is 10.3. The van der Waals surface area contributed by atoms with Gasteiger partial charge in [-0.3, -0.25) is 0 Å². The molecule has 0 rings (SSSR count). The van der Waals surface area contributed by atoms with E-state index in [1.807, 2.05) is 0 Å². The van der Waals surface area contributed by atoms with Gasteiger partial charge in [0.15, 0.2) is 6.29 Å². The SMILES string of the molecule is O=C[C@H](OCC(O)CO)[C@H](O)CO. The van der Waals surface area contributed by atoms with Crippen molar-refractivity contribution in [2.24, 2.45) is 0 Å². The highest BCUT2D eigenvalue weighted by atomic mass is 16.5. The van der Waals surface area contributed by atoms with E-state index < -0.39 is 31.5 Å². The van der Waals surface area contributed by atoms with E-state index in [-0.39, 0.29) is 6.61 Å². The van der Waals surface area contributed by atoms with Crippen LogP contribution in [0.15, 0.2) is 0 Å². The Morgan fingerprint density at radius 3 is 2.23 bits per heavy atom. The first kappa shape index (κ1) is 12.5. The molecule has 0 radical (unpaired) electrons. The fourth-order valence-corrected chi connectivity index (χ4v) is 0.620. The van der Waals surface area contributed by atoms with Crippen LogP contribution in [0.1, 0.15) is 0 Å². The van der Waals surface area contributed by atoms with Crippen LogP contribution >= 0.6 is 0 Å². The predicted molar refractivity (Wildman–Crippen MR) is 42.0 cm³/mol. The molecule has 0 fully saturated rings. The van der Waals surface area contributed by atoms with E-state index in [1.165, 1.54) is 0 Å². The number of ether oxygens (including phenoxy) is 1. The standard InChI is InChI=1S/C7H14O6/c8-1-5(11)4-13-7(3-10)6(12)2-9/h3,5-9,11-12H,1-2,4H2/t5?,6-,7+/m1/s1. The number of rotatable bonds is 7. The molecule has 6 heteroatoms. The van der Waals surface area contributed by atoms with Crippen molar-refractivity contribution in [3.8, 4) is 0 Å². The van der Waals surface area contributed by atoms with Gasteiger partial charge in [0.2, 0.25) is 0 Å². The lowest BCUT2D eigenvalue weighted by Gasteiger charge is -2.17. The molecule has 0 bridgehead atoms. The van der Waals surface area contributed by atoms with Crippen molar-refractivity contribution in [1.29, 1.82) is 0 Å². The molecule has 0 heterocycles. The van der Waals surface area contributed by atoms with Gasteiger partial charge in [0.25, 0.3) is 0 Å². The number of aldehydes is 1. The molecule has 0 saturated heterocycles. The Hall–Kier alpha value is -0.530. The second-order valence-electron chi connectivity index (χ2n) is 2.52. The summed E-state index contributed by atoms with van der Waals surface area (Å²) in [5.41, 5.74) is 0. The van der Waals surface area contributed by atoms with Crippen LogP contribution in [0.4, 0.5) is 0 Å². The van der Waals surface area contributed by atoms with E-state index in [2.05, 4.69) is 0 Å². The second-order valence-corrected chi connectivity index (χ2v) is 2.52. The number of carbonyl (C=O) groups is 1. The van der Waals surface area contributed by atoms with Crippen molar-refractivity contribution < 1.29 is 30.0 Å². The topological polar surface area (TPSA) is 107 Å². The Bertz CT molecular complexity index is 139. The zero-order valence-electron chi connectivity index (χ0n) is 7.04. The van der Waals surface area contributed by atoms with Crippen LogP contribution in [-0.2, 0) is 9.53 Å². The van der Waals surface area contributed by atoms with Gasteiger partial charge in [-0.05, 0) is 0 Å². The summed E-state index contributed by atoms with van der Waals surface area (Å²) in [6, 6.07) is 0. The van der Waals surface area contributed by atoms with E-state index in [0.29, 0.717) is 6.29 Å². The molecule has 0 aliphatic heterocycles. The van der Waals surface area contributed by atoms with E-state index >= 15 is 0 Å². The average Bonchev–Trinajstić information content (AvgIpc) is 2.17. The number of aliphatic hydroxyl groups excluding tert-OH is 4. The molecule has 0 aliphatic rings. The summed E-state index contributed by atoms with van der Waals surface area (Å²) in [6.45, 7) is -1.35. The van der Waals surface area contributed by atoms with Crippen LogP contribution in [0.5, 0.6) is 0 Å². The smallest absolute Gasteiger partial charge is 0.151 e. The molecule has 0 aliphatic carbocycles. The van der Waals surface area contributed by atoms with Crippen molar-refractivity contribution in [3.05, 3.63) is 0 Å². The zero-order valence-corrected chi connectivity index (χ0v) is 7.04. The lowest BCUT2D eigenvalue weighted by Crippen LogP contribution is -2.36. The Morgan fingerprint density at radius 2 is 1.85 bits per heavy atom. The Kier molecular flexibility index (Phi) is 6.65. The van der Waals surface area contributed by atoms with E-state index in [9.17, 15) is 4.79 Å². The molecular weight excluding hydrogens is 180 g/mol. The van der Waals surface area contributed by atoms with Gasteiger partial charge in [-0.15, -0.1) is 0 Å². The highest BCUT2D eigenvalue weighted by molar-refractivity contribution is 5.57. The molecule has 0 aromatic carbocycles. The highest BCUT2D eigenvalue weighted by Gasteiger charge is 2.19. The minimum Gasteiger partial charge on any atom is -0.394 e. The zero-order chi connectivity index (χ0) is 10.3. The van der Waals surface area contributed by atoms with E-state index in [0.717, 1.165) is 0 Å². The second kappa shape index (κ2) is 6.93. The van der Waals surface area contributed by atoms with Crippen LogP contribution in [0, 0.1) is 0 Å². The molecule has 6 nitrogen and oxygen atoms in total. The highest BCUT2D eigenvalue weighted by Crippen LogP contribution is 1.97. The van der Waals surface area contributed by atoms with Gasteiger partial charge in [-0.25, -0.2) is 0 Å². The lowest BCUT2D eigenvalue weighted by atomic mass is 10.2. The van der Waals surface area contributed by atoms with Crippen molar-refractivity contribution in [2.45, 2.75) is 18.3 Å². The molecule has 13 heavy (non-hydrogen) atoms. The molecule has 0 aromatic rings. The summed E-state index contributed by atoms with van der Waals surface area (Å²) in [5.74, 6) is 0. The number of hydrogen-bond donors (Lipinski definition) is 4. The number of aliphatic hydroxyl groups is 4. The first-order chi connectivity index (χ1) is 6.15. The van der Waals surface area contributed by atoms with Gasteiger partial charge < -0.3 is 30.0 Å². The van der Waals surface area contributed by atoms with Crippen molar-refractivity contribution in [1.82, 2.24) is 0 Å². The van der Waals surface area contributed by atoms with Crippen LogP contribution in [0.2, 0.25) is 0 Å². The fourth-order valence-electron chi connectivity index (χ4n) is 0.620. The van der Waals surface area contributed by atoms with Gasteiger partial charge in [-0.1, -0.05) is 0 Å². The largest absolute Gasteiger partial charge is 0.394 e. The molecule has 0 spiro atoms. The molecule has 4 N–H and O–H groups in total. The third-order valence-electron chi connectivity index (χ3n) is 1.39. The minimum absolute atomic E-state index is 0.267. The van der Waals surface area contributed by atoms with Gasteiger partial charge in [-0.2, -0.15) is 0 Å². The van der Waals surface area contributed by atoms with E-state index in [4.69, 9.17) is 25.2 Å². The maximum atomic E-state index is 10.3. The summed E-state index contributed by atoms with van der Waals surface area (Å²) < 4.78 is 4.71. The maximum absolute atomic E-state index is 10.3. The van der Waals surface area contributed by atoms with Crippen LogP contribution < -0.4 is 0 Å². The Balaban J connectivity index is 3.78. The maximum Gasteiger partial charge on any atom is 0.151 e.